The van der Waals surface area contributed by atoms with E-state index in [1.165, 1.54) is 6.07 Å². The second-order valence-electron chi connectivity index (χ2n) is 5.82. The second kappa shape index (κ2) is 5.06. The van der Waals surface area contributed by atoms with Gasteiger partial charge in [-0.05, 0) is 49.8 Å². The lowest BCUT2D eigenvalue weighted by atomic mass is 10.2. The van der Waals surface area contributed by atoms with Gasteiger partial charge in [0.15, 0.2) is 0 Å². The van der Waals surface area contributed by atoms with Crippen LogP contribution in [0.15, 0.2) is 23.1 Å². The molecule has 21 heavy (non-hydrogen) atoms. The Balaban J connectivity index is 1.89. The summed E-state index contributed by atoms with van der Waals surface area (Å²) in [6, 6.07) is 3.57. The van der Waals surface area contributed by atoms with Crippen molar-refractivity contribution in [3.05, 3.63) is 29.6 Å². The molecule has 0 bridgehead atoms. The third-order valence-electron chi connectivity index (χ3n) is 3.89. The number of nitrogens with zero attached hydrogens (tertiary/aromatic N) is 1. The third kappa shape index (κ3) is 3.24. The van der Waals surface area contributed by atoms with Crippen LogP contribution in [0.3, 0.4) is 0 Å². The summed E-state index contributed by atoms with van der Waals surface area (Å²) < 4.78 is 36.2. The van der Waals surface area contributed by atoms with E-state index in [-0.39, 0.29) is 17.5 Å². The number of primary sulfonamides is 1. The van der Waals surface area contributed by atoms with E-state index in [0.29, 0.717) is 12.5 Å². The van der Waals surface area contributed by atoms with Gasteiger partial charge in [-0.3, -0.25) is 4.79 Å². The number of hydrogen-bond acceptors (Lipinski definition) is 3. The van der Waals surface area contributed by atoms with Crippen LogP contribution in [0.4, 0.5) is 4.39 Å². The molecule has 2 fully saturated rings. The van der Waals surface area contributed by atoms with Crippen LogP contribution in [0.1, 0.15) is 36.0 Å². The first-order valence-corrected chi connectivity index (χ1v) is 8.54. The lowest BCUT2D eigenvalue weighted by Gasteiger charge is -2.22. The van der Waals surface area contributed by atoms with Crippen LogP contribution < -0.4 is 5.14 Å². The van der Waals surface area contributed by atoms with E-state index in [4.69, 9.17) is 5.14 Å². The zero-order chi connectivity index (χ0) is 15.2. The molecule has 0 radical (unpaired) electrons. The fourth-order valence-electron chi connectivity index (χ4n) is 2.38. The molecule has 2 N–H and O–H groups in total. The summed E-state index contributed by atoms with van der Waals surface area (Å²) in [6.07, 6.45) is 4.20. The number of amides is 1. The molecule has 1 amide bonds. The molecular formula is C14H17FN2O3S. The Morgan fingerprint density at radius 1 is 1.29 bits per heavy atom. The largest absolute Gasteiger partial charge is 0.335 e. The molecule has 1 aromatic rings. The molecule has 0 atom stereocenters. The van der Waals surface area contributed by atoms with Crippen LogP contribution in [0.2, 0.25) is 0 Å². The average molecular weight is 312 g/mol. The Bertz CT molecular complexity index is 681. The summed E-state index contributed by atoms with van der Waals surface area (Å²) >= 11 is 0. The minimum Gasteiger partial charge on any atom is -0.335 e. The second-order valence-corrected chi connectivity index (χ2v) is 7.35. The van der Waals surface area contributed by atoms with Gasteiger partial charge in [0.2, 0.25) is 10.0 Å². The minimum absolute atomic E-state index is 0.174. The summed E-state index contributed by atoms with van der Waals surface area (Å²) in [5, 5.41) is 4.97. The quantitative estimate of drug-likeness (QED) is 0.894. The molecule has 2 aliphatic carbocycles. The van der Waals surface area contributed by atoms with Gasteiger partial charge in [-0.1, -0.05) is 0 Å². The van der Waals surface area contributed by atoms with Gasteiger partial charge in [-0.25, -0.2) is 17.9 Å². The molecule has 0 aromatic heterocycles. The first kappa shape index (κ1) is 14.5. The van der Waals surface area contributed by atoms with Crippen molar-refractivity contribution in [2.24, 2.45) is 11.1 Å². The average Bonchev–Trinajstić information content (AvgIpc) is 3.26. The van der Waals surface area contributed by atoms with Crippen molar-refractivity contribution in [3.8, 4) is 0 Å². The molecule has 114 valence electrons. The van der Waals surface area contributed by atoms with Gasteiger partial charge >= 0.3 is 0 Å². The smallest absolute Gasteiger partial charge is 0.254 e. The first-order chi connectivity index (χ1) is 9.86. The van der Waals surface area contributed by atoms with Crippen LogP contribution in [0, 0.1) is 11.7 Å². The van der Waals surface area contributed by atoms with E-state index in [9.17, 15) is 17.6 Å². The lowest BCUT2D eigenvalue weighted by molar-refractivity contribution is 0.0734. The maximum Gasteiger partial charge on any atom is 0.254 e. The maximum absolute atomic E-state index is 13.5. The highest BCUT2D eigenvalue weighted by Gasteiger charge is 2.37. The Kier molecular flexibility index (Phi) is 3.49. The van der Waals surface area contributed by atoms with Crippen LogP contribution >= 0.6 is 0 Å². The van der Waals surface area contributed by atoms with Crippen molar-refractivity contribution in [1.82, 2.24) is 4.90 Å². The molecule has 0 heterocycles. The summed E-state index contributed by atoms with van der Waals surface area (Å²) in [5.74, 6) is -0.628. The Labute approximate surface area is 123 Å². The van der Waals surface area contributed by atoms with Gasteiger partial charge in [0, 0.05) is 18.2 Å². The number of halogens is 1. The van der Waals surface area contributed by atoms with Gasteiger partial charge in [-0.15, -0.1) is 0 Å². The zero-order valence-electron chi connectivity index (χ0n) is 11.5. The number of benzene rings is 1. The third-order valence-corrected chi connectivity index (χ3v) is 4.81. The van der Waals surface area contributed by atoms with Crippen molar-refractivity contribution < 1.29 is 17.6 Å². The maximum atomic E-state index is 13.5. The summed E-state index contributed by atoms with van der Waals surface area (Å²) in [4.78, 5) is 13.7. The van der Waals surface area contributed by atoms with Gasteiger partial charge < -0.3 is 4.90 Å². The topological polar surface area (TPSA) is 80.5 Å². The highest BCUT2D eigenvalue weighted by atomic mass is 32.2. The van der Waals surface area contributed by atoms with Crippen molar-refractivity contribution in [3.63, 3.8) is 0 Å². The highest BCUT2D eigenvalue weighted by Crippen LogP contribution is 2.35. The van der Waals surface area contributed by atoms with Crippen LogP contribution in [0.5, 0.6) is 0 Å². The van der Waals surface area contributed by atoms with Gasteiger partial charge in [-0.2, -0.15) is 0 Å². The van der Waals surface area contributed by atoms with Crippen LogP contribution in [-0.4, -0.2) is 31.8 Å². The number of sulfonamides is 1. The first-order valence-electron chi connectivity index (χ1n) is 6.99. The van der Waals surface area contributed by atoms with E-state index in [2.05, 4.69) is 0 Å². The van der Waals surface area contributed by atoms with Crippen molar-refractivity contribution in [2.75, 3.05) is 6.54 Å². The molecule has 0 saturated heterocycles. The molecule has 0 spiro atoms. The Morgan fingerprint density at radius 3 is 2.48 bits per heavy atom. The lowest BCUT2D eigenvalue weighted by Crippen LogP contribution is -2.35. The van der Waals surface area contributed by atoms with Crippen LogP contribution in [0.25, 0.3) is 0 Å². The number of nitrogens with two attached hydrogens (primary N) is 1. The van der Waals surface area contributed by atoms with E-state index < -0.39 is 20.7 Å². The summed E-state index contributed by atoms with van der Waals surface area (Å²) in [6.45, 7) is 0.700. The normalized spacial score (nSPS) is 18.6. The predicted molar refractivity (Wildman–Crippen MR) is 74.6 cm³/mol. The van der Waals surface area contributed by atoms with Gasteiger partial charge in [0.25, 0.3) is 5.91 Å². The Morgan fingerprint density at radius 2 is 1.95 bits per heavy atom. The van der Waals surface area contributed by atoms with E-state index in [1.54, 1.807) is 4.90 Å². The van der Waals surface area contributed by atoms with Crippen molar-refractivity contribution in [1.29, 1.82) is 0 Å². The highest BCUT2D eigenvalue weighted by molar-refractivity contribution is 7.89. The molecule has 0 aliphatic heterocycles. The summed E-state index contributed by atoms with van der Waals surface area (Å²) in [7, 11) is -4.18. The number of carbonyl (C=O) groups is 1. The molecule has 3 rings (SSSR count). The van der Waals surface area contributed by atoms with Crippen molar-refractivity contribution >= 4 is 15.9 Å². The zero-order valence-corrected chi connectivity index (χ0v) is 12.3. The Hall–Kier alpha value is -1.47. The van der Waals surface area contributed by atoms with E-state index in [1.807, 2.05) is 0 Å². The van der Waals surface area contributed by atoms with Crippen molar-refractivity contribution in [2.45, 2.75) is 36.6 Å². The predicted octanol–water partition coefficient (Wildman–Crippen LogP) is 1.49. The molecule has 2 saturated carbocycles. The van der Waals surface area contributed by atoms with Crippen LogP contribution in [-0.2, 0) is 10.0 Å². The number of hydrogen-bond donors (Lipinski definition) is 1. The van der Waals surface area contributed by atoms with E-state index >= 15 is 0 Å². The standard InChI is InChI=1S/C14H17FN2O3S/c15-12-6-3-10(7-13(12)21(16,19)20)14(18)17(11-4-5-11)8-9-1-2-9/h3,6-7,9,11H,1-2,4-5,8H2,(H2,16,19,20). The van der Waals surface area contributed by atoms with E-state index in [0.717, 1.165) is 37.8 Å². The minimum atomic E-state index is -4.18. The molecule has 1 aromatic carbocycles. The number of carbonyl (C=O) groups excluding carboxylic acids is 1. The van der Waals surface area contributed by atoms with Gasteiger partial charge in [0.1, 0.15) is 10.7 Å². The fraction of sp³-hybridized carbons (Fsp3) is 0.500. The molecular weight excluding hydrogens is 295 g/mol. The molecule has 2 aliphatic rings. The SMILES string of the molecule is NS(=O)(=O)c1cc(C(=O)N(CC2CC2)C2CC2)ccc1F. The molecule has 0 unspecified atom stereocenters. The molecule has 5 nitrogen and oxygen atoms in total. The van der Waals surface area contributed by atoms with Gasteiger partial charge in [0.05, 0.1) is 0 Å². The summed E-state index contributed by atoms with van der Waals surface area (Å²) in [5.41, 5.74) is 0.174. The molecule has 7 heteroatoms. The monoisotopic (exact) mass is 312 g/mol. The number of rotatable bonds is 5. The fourth-order valence-corrected chi connectivity index (χ4v) is 3.01.